The molecule has 0 fully saturated rings. The van der Waals surface area contributed by atoms with E-state index in [9.17, 15) is 0 Å². The van der Waals surface area contributed by atoms with Crippen LogP contribution in [-0.4, -0.2) is 4.98 Å². The molecule has 1 heteroatoms. The molecule has 0 amide bonds. The summed E-state index contributed by atoms with van der Waals surface area (Å²) in [4.78, 5) is 3.24. The number of hydrogen-bond donors (Lipinski definition) is 1. The van der Waals surface area contributed by atoms with Gasteiger partial charge in [-0.15, -0.1) is 6.58 Å². The molecule has 0 aliphatic rings. The van der Waals surface area contributed by atoms with Crippen LogP contribution in [0.25, 0.3) is 10.9 Å². The first kappa shape index (κ1) is 17.9. The van der Waals surface area contributed by atoms with Crippen LogP contribution in [0.15, 0.2) is 43.1 Å². The van der Waals surface area contributed by atoms with Gasteiger partial charge in [0.25, 0.3) is 0 Å². The number of fused-ring (bicyclic) bond motifs is 1. The van der Waals surface area contributed by atoms with Crippen LogP contribution in [0.3, 0.4) is 0 Å². The number of aryl methyl sites for hydroxylation is 1. The number of allylic oxidation sites excluding steroid dienone is 1. The zero-order chi connectivity index (χ0) is 12.4. The van der Waals surface area contributed by atoms with E-state index in [1.54, 1.807) is 6.08 Å². The summed E-state index contributed by atoms with van der Waals surface area (Å²) in [5.41, 5.74) is 2.64. The second-order valence-electron chi connectivity index (χ2n) is 3.12. The van der Waals surface area contributed by atoms with Gasteiger partial charge in [-0.3, -0.25) is 0 Å². The van der Waals surface area contributed by atoms with Crippen molar-refractivity contribution < 1.29 is 0 Å². The largest absolute Gasteiger partial charge is 0.361 e. The molecule has 17 heavy (non-hydrogen) atoms. The smallest absolute Gasteiger partial charge is 0.0456 e. The average Bonchev–Trinajstić information content (AvgIpc) is 2.75. The van der Waals surface area contributed by atoms with Gasteiger partial charge in [-0.1, -0.05) is 52.5 Å². The van der Waals surface area contributed by atoms with Gasteiger partial charge in [0.15, 0.2) is 0 Å². The molecule has 0 saturated carbocycles. The van der Waals surface area contributed by atoms with Crippen LogP contribution in [0.1, 0.15) is 40.7 Å². The number of benzene rings is 1. The molecular formula is C16H27N. The summed E-state index contributed by atoms with van der Waals surface area (Å²) in [6.45, 7) is 11.4. The Morgan fingerprint density at radius 1 is 1.24 bits per heavy atom. The lowest BCUT2D eigenvalue weighted by Gasteiger charge is -1.90. The van der Waals surface area contributed by atoms with Gasteiger partial charge < -0.3 is 4.98 Å². The molecule has 96 valence electrons. The third-order valence-corrected chi connectivity index (χ3v) is 2.06. The summed E-state index contributed by atoms with van der Waals surface area (Å²) < 4.78 is 0. The van der Waals surface area contributed by atoms with Gasteiger partial charge in [0, 0.05) is 17.1 Å². The lowest BCUT2D eigenvalue weighted by Crippen LogP contribution is -1.72. The van der Waals surface area contributed by atoms with E-state index < -0.39 is 0 Å². The van der Waals surface area contributed by atoms with Crippen molar-refractivity contribution in [3.63, 3.8) is 0 Å². The van der Waals surface area contributed by atoms with Crippen molar-refractivity contribution in [3.05, 3.63) is 48.7 Å². The zero-order valence-electron chi connectivity index (χ0n) is 10.9. The van der Waals surface area contributed by atoms with Crippen molar-refractivity contribution in [2.24, 2.45) is 0 Å². The Morgan fingerprint density at radius 2 is 1.76 bits per heavy atom. The Bertz CT molecular complexity index is 399. The fourth-order valence-electron chi connectivity index (χ4n) is 1.42. The number of H-pyrrole nitrogens is 1. The molecule has 1 nitrogen and oxygen atoms in total. The van der Waals surface area contributed by atoms with Gasteiger partial charge in [-0.05, 0) is 25.0 Å². The molecule has 0 bridgehead atoms. The molecule has 2 aromatic rings. The normalized spacial score (nSPS) is 8.00. The molecule has 1 heterocycles. The van der Waals surface area contributed by atoms with Crippen LogP contribution in [0.4, 0.5) is 0 Å². The fourth-order valence-corrected chi connectivity index (χ4v) is 1.42. The van der Waals surface area contributed by atoms with Crippen LogP contribution in [0, 0.1) is 0 Å². The van der Waals surface area contributed by atoms with E-state index >= 15 is 0 Å². The Labute approximate surface area is 107 Å². The van der Waals surface area contributed by atoms with E-state index in [1.807, 2.05) is 20.8 Å². The highest BCUT2D eigenvalue weighted by atomic mass is 14.7. The highest BCUT2D eigenvalue weighted by Gasteiger charge is 1.97. The monoisotopic (exact) mass is 233 g/mol. The van der Waals surface area contributed by atoms with Gasteiger partial charge in [0.2, 0.25) is 0 Å². The predicted molar refractivity (Wildman–Crippen MR) is 81.6 cm³/mol. The van der Waals surface area contributed by atoms with E-state index in [-0.39, 0.29) is 7.43 Å². The number of aromatic nitrogens is 1. The third-order valence-electron chi connectivity index (χ3n) is 2.06. The summed E-state index contributed by atoms with van der Waals surface area (Å²) in [6, 6.07) is 8.40. The molecule has 2 rings (SSSR count). The molecule has 0 aliphatic carbocycles. The van der Waals surface area contributed by atoms with Crippen molar-refractivity contribution in [2.75, 3.05) is 0 Å². The van der Waals surface area contributed by atoms with Crippen LogP contribution in [0.5, 0.6) is 0 Å². The van der Waals surface area contributed by atoms with E-state index in [1.165, 1.54) is 16.5 Å². The molecule has 1 aromatic heterocycles. The average molecular weight is 233 g/mol. The quantitative estimate of drug-likeness (QED) is 0.618. The topological polar surface area (TPSA) is 15.8 Å². The molecule has 0 unspecified atom stereocenters. The van der Waals surface area contributed by atoms with E-state index in [0.717, 1.165) is 6.42 Å². The third kappa shape index (κ3) is 5.39. The van der Waals surface area contributed by atoms with Crippen molar-refractivity contribution in [1.82, 2.24) is 4.98 Å². The van der Waals surface area contributed by atoms with Gasteiger partial charge in [-0.25, -0.2) is 0 Å². The first-order chi connectivity index (χ1) is 7.83. The second kappa shape index (κ2) is 11.0. The SMILES string of the molecule is C.C=CC.CC.CCc1c[nH]c2ccccc12. The van der Waals surface area contributed by atoms with Gasteiger partial charge in [0.05, 0.1) is 0 Å². The maximum Gasteiger partial charge on any atom is 0.0456 e. The van der Waals surface area contributed by atoms with Gasteiger partial charge >= 0.3 is 0 Å². The number of rotatable bonds is 1. The van der Waals surface area contributed by atoms with Crippen LogP contribution in [0.2, 0.25) is 0 Å². The van der Waals surface area contributed by atoms with E-state index in [4.69, 9.17) is 0 Å². The summed E-state index contributed by atoms with van der Waals surface area (Å²) in [6.07, 6.45) is 4.94. The van der Waals surface area contributed by atoms with Crippen LogP contribution in [-0.2, 0) is 6.42 Å². The van der Waals surface area contributed by atoms with Crippen LogP contribution < -0.4 is 0 Å². The first-order valence-electron chi connectivity index (χ1n) is 5.95. The van der Waals surface area contributed by atoms with Gasteiger partial charge in [0.1, 0.15) is 0 Å². The summed E-state index contributed by atoms with van der Waals surface area (Å²) in [5.74, 6) is 0. The van der Waals surface area contributed by atoms with Crippen molar-refractivity contribution in [2.45, 2.75) is 41.5 Å². The van der Waals surface area contributed by atoms with Crippen molar-refractivity contribution in [3.8, 4) is 0 Å². The summed E-state index contributed by atoms with van der Waals surface area (Å²) in [7, 11) is 0. The molecule has 0 atom stereocenters. The van der Waals surface area contributed by atoms with Crippen molar-refractivity contribution in [1.29, 1.82) is 0 Å². The first-order valence-corrected chi connectivity index (χ1v) is 5.95. The van der Waals surface area contributed by atoms with Gasteiger partial charge in [-0.2, -0.15) is 0 Å². The Kier molecular flexibility index (Phi) is 11.6. The number of para-hydroxylation sites is 1. The van der Waals surface area contributed by atoms with Crippen LogP contribution >= 0.6 is 0 Å². The van der Waals surface area contributed by atoms with Crippen molar-refractivity contribution >= 4 is 10.9 Å². The molecule has 0 spiro atoms. The standard InChI is InChI=1S/C10H11N.C3H6.C2H6.CH4/c1-2-8-7-11-10-6-4-3-5-9(8)10;1-3-2;1-2;/h3-7,11H,2H2,1H3;3H,1H2,2H3;1-2H3;1H4. The molecule has 1 aromatic carbocycles. The maximum absolute atomic E-state index is 3.36. The minimum Gasteiger partial charge on any atom is -0.361 e. The summed E-state index contributed by atoms with van der Waals surface area (Å²) in [5, 5.41) is 1.36. The lowest BCUT2D eigenvalue weighted by atomic mass is 10.1. The second-order valence-corrected chi connectivity index (χ2v) is 3.12. The number of nitrogens with one attached hydrogen (secondary N) is 1. The molecular weight excluding hydrogens is 206 g/mol. The highest BCUT2D eigenvalue weighted by Crippen LogP contribution is 2.17. The van der Waals surface area contributed by atoms with E-state index in [0.29, 0.717) is 0 Å². The minimum atomic E-state index is 0. The fraction of sp³-hybridized carbons (Fsp3) is 0.375. The van der Waals surface area contributed by atoms with E-state index in [2.05, 4.69) is 48.9 Å². The predicted octanol–water partition coefficient (Wildman–Crippen LogP) is 5.58. The molecule has 0 radical (unpaired) electrons. The highest BCUT2D eigenvalue weighted by molar-refractivity contribution is 5.82. The lowest BCUT2D eigenvalue weighted by molar-refractivity contribution is 1.15. The molecule has 1 N–H and O–H groups in total. The Balaban J connectivity index is 0. The zero-order valence-corrected chi connectivity index (χ0v) is 10.9. The minimum absolute atomic E-state index is 0. The molecule has 0 saturated heterocycles. The Hall–Kier alpha value is -1.50. The number of hydrogen-bond acceptors (Lipinski definition) is 0. The number of aromatic amines is 1. The maximum atomic E-state index is 3.36. The summed E-state index contributed by atoms with van der Waals surface area (Å²) >= 11 is 0. The molecule has 0 aliphatic heterocycles. The Morgan fingerprint density at radius 3 is 2.29 bits per heavy atom.